The summed E-state index contributed by atoms with van der Waals surface area (Å²) < 4.78 is 0. The third kappa shape index (κ3) is 2.35. The lowest BCUT2D eigenvalue weighted by Gasteiger charge is -1.98. The van der Waals surface area contributed by atoms with Crippen LogP contribution < -0.4 is 5.32 Å². The van der Waals surface area contributed by atoms with E-state index in [0.29, 0.717) is 11.5 Å². The van der Waals surface area contributed by atoms with Gasteiger partial charge >= 0.3 is 0 Å². The Hall–Kier alpha value is -2.20. The third-order valence-electron chi connectivity index (χ3n) is 2.93. The summed E-state index contributed by atoms with van der Waals surface area (Å²) in [6.45, 7) is 2.02. The zero-order valence-electron chi connectivity index (χ0n) is 10.4. The van der Waals surface area contributed by atoms with Crippen molar-refractivity contribution in [1.82, 2.24) is 5.32 Å². The standard InChI is InChI=1S/C15H12N2OS/c1-10-5-2-3-6-11(10)9-12-15(18)17-14(16-12)13-7-4-8-19-13/h2-9H,1H3,(H,16,17,18)/b12-9-. The molecule has 1 aliphatic heterocycles. The molecule has 0 saturated heterocycles. The highest BCUT2D eigenvalue weighted by Crippen LogP contribution is 2.19. The molecular weight excluding hydrogens is 256 g/mol. The molecule has 0 unspecified atom stereocenters. The monoisotopic (exact) mass is 268 g/mol. The highest BCUT2D eigenvalue weighted by molar-refractivity contribution is 7.12. The van der Waals surface area contributed by atoms with Crippen LogP contribution in [0.1, 0.15) is 16.0 Å². The van der Waals surface area contributed by atoms with E-state index in [1.54, 1.807) is 11.3 Å². The number of amidine groups is 1. The number of carbonyl (C=O) groups is 1. The molecule has 1 aromatic carbocycles. The molecule has 0 spiro atoms. The first-order valence-electron chi connectivity index (χ1n) is 5.95. The summed E-state index contributed by atoms with van der Waals surface area (Å²) in [7, 11) is 0. The molecule has 0 bridgehead atoms. The van der Waals surface area contributed by atoms with Crippen LogP contribution in [0.4, 0.5) is 0 Å². The van der Waals surface area contributed by atoms with Crippen molar-refractivity contribution in [3.8, 4) is 0 Å². The summed E-state index contributed by atoms with van der Waals surface area (Å²) in [5.41, 5.74) is 2.60. The molecule has 0 atom stereocenters. The van der Waals surface area contributed by atoms with Crippen molar-refractivity contribution in [2.75, 3.05) is 0 Å². The third-order valence-corrected chi connectivity index (χ3v) is 3.81. The minimum atomic E-state index is -0.147. The highest BCUT2D eigenvalue weighted by atomic mass is 32.1. The maximum absolute atomic E-state index is 11.9. The number of aliphatic imine (C=N–C) groups is 1. The number of aryl methyl sites for hydroxylation is 1. The van der Waals surface area contributed by atoms with Gasteiger partial charge in [0.15, 0.2) is 5.84 Å². The van der Waals surface area contributed by atoms with Gasteiger partial charge in [0.1, 0.15) is 5.70 Å². The molecule has 3 nitrogen and oxygen atoms in total. The molecular formula is C15H12N2OS. The number of hydrogen-bond donors (Lipinski definition) is 1. The number of carbonyl (C=O) groups excluding carboxylic acids is 1. The molecule has 2 heterocycles. The van der Waals surface area contributed by atoms with Gasteiger partial charge in [-0.05, 0) is 35.6 Å². The molecule has 2 aromatic rings. The molecule has 1 amide bonds. The Morgan fingerprint density at radius 3 is 2.79 bits per heavy atom. The van der Waals surface area contributed by atoms with E-state index in [0.717, 1.165) is 16.0 Å². The summed E-state index contributed by atoms with van der Waals surface area (Å²) >= 11 is 1.56. The number of hydrogen-bond acceptors (Lipinski definition) is 3. The molecule has 1 aromatic heterocycles. The van der Waals surface area contributed by atoms with Gasteiger partial charge in [-0.2, -0.15) is 0 Å². The molecule has 3 rings (SSSR count). The van der Waals surface area contributed by atoms with E-state index in [4.69, 9.17) is 0 Å². The van der Waals surface area contributed by atoms with Crippen molar-refractivity contribution < 1.29 is 4.79 Å². The van der Waals surface area contributed by atoms with E-state index in [1.807, 2.05) is 54.8 Å². The normalized spacial score (nSPS) is 16.6. The molecule has 1 N–H and O–H groups in total. The fraction of sp³-hybridized carbons (Fsp3) is 0.0667. The molecule has 0 saturated carbocycles. The van der Waals surface area contributed by atoms with E-state index >= 15 is 0 Å². The van der Waals surface area contributed by atoms with Crippen molar-refractivity contribution in [2.24, 2.45) is 4.99 Å². The molecule has 4 heteroatoms. The second-order valence-corrected chi connectivity index (χ2v) is 5.23. The van der Waals surface area contributed by atoms with Crippen LogP contribution in [-0.4, -0.2) is 11.7 Å². The molecule has 94 valence electrons. The summed E-state index contributed by atoms with van der Waals surface area (Å²) in [5, 5.41) is 4.76. The van der Waals surface area contributed by atoms with Crippen molar-refractivity contribution in [3.05, 3.63) is 63.5 Å². The van der Waals surface area contributed by atoms with Crippen molar-refractivity contribution in [3.63, 3.8) is 0 Å². The van der Waals surface area contributed by atoms with E-state index in [2.05, 4.69) is 10.3 Å². The number of nitrogens with one attached hydrogen (secondary N) is 1. The van der Waals surface area contributed by atoms with Gasteiger partial charge in [-0.1, -0.05) is 30.3 Å². The number of nitrogens with zero attached hydrogens (tertiary/aromatic N) is 1. The lowest BCUT2D eigenvalue weighted by molar-refractivity contribution is -0.115. The van der Waals surface area contributed by atoms with E-state index in [9.17, 15) is 4.79 Å². The first kappa shape index (κ1) is 11.9. The van der Waals surface area contributed by atoms with Gasteiger partial charge in [0, 0.05) is 0 Å². The number of thiophene rings is 1. The minimum Gasteiger partial charge on any atom is -0.304 e. The molecule has 0 aliphatic carbocycles. The van der Waals surface area contributed by atoms with Crippen LogP contribution >= 0.6 is 11.3 Å². The Kier molecular flexibility index (Phi) is 3.01. The number of benzene rings is 1. The van der Waals surface area contributed by atoms with Gasteiger partial charge in [-0.15, -0.1) is 11.3 Å². The predicted octanol–water partition coefficient (Wildman–Crippen LogP) is 2.97. The lowest BCUT2D eigenvalue weighted by Crippen LogP contribution is -2.23. The summed E-state index contributed by atoms with van der Waals surface area (Å²) in [6, 6.07) is 11.8. The lowest BCUT2D eigenvalue weighted by atomic mass is 10.1. The summed E-state index contributed by atoms with van der Waals surface area (Å²) in [5.74, 6) is 0.492. The quantitative estimate of drug-likeness (QED) is 0.836. The van der Waals surface area contributed by atoms with Gasteiger partial charge < -0.3 is 5.32 Å². The topological polar surface area (TPSA) is 41.5 Å². The Bertz CT molecular complexity index is 684. The van der Waals surface area contributed by atoms with Gasteiger partial charge in [-0.3, -0.25) is 4.79 Å². The predicted molar refractivity (Wildman–Crippen MR) is 78.2 cm³/mol. The summed E-state index contributed by atoms with van der Waals surface area (Å²) in [4.78, 5) is 17.3. The number of amides is 1. The van der Waals surface area contributed by atoms with E-state index in [1.165, 1.54) is 0 Å². The largest absolute Gasteiger partial charge is 0.304 e. The Labute approximate surface area is 115 Å². The average molecular weight is 268 g/mol. The van der Waals surface area contributed by atoms with Gasteiger partial charge in [0.25, 0.3) is 5.91 Å². The molecule has 19 heavy (non-hydrogen) atoms. The van der Waals surface area contributed by atoms with E-state index < -0.39 is 0 Å². The van der Waals surface area contributed by atoms with Gasteiger partial charge in [0.2, 0.25) is 0 Å². The van der Waals surface area contributed by atoms with Crippen LogP contribution in [-0.2, 0) is 4.79 Å². The maximum atomic E-state index is 11.9. The minimum absolute atomic E-state index is 0.147. The summed E-state index contributed by atoms with van der Waals surface area (Å²) in [6.07, 6.45) is 1.82. The fourth-order valence-electron chi connectivity index (χ4n) is 1.89. The first-order valence-corrected chi connectivity index (χ1v) is 6.83. The van der Waals surface area contributed by atoms with Crippen molar-refractivity contribution >= 4 is 29.2 Å². The second-order valence-electron chi connectivity index (χ2n) is 4.28. The van der Waals surface area contributed by atoms with Gasteiger partial charge in [0.05, 0.1) is 4.88 Å². The van der Waals surface area contributed by atoms with Crippen LogP contribution in [0.5, 0.6) is 0 Å². The second kappa shape index (κ2) is 4.82. The zero-order chi connectivity index (χ0) is 13.2. The van der Waals surface area contributed by atoms with Gasteiger partial charge in [-0.25, -0.2) is 4.99 Å². The van der Waals surface area contributed by atoms with Crippen molar-refractivity contribution in [1.29, 1.82) is 0 Å². The van der Waals surface area contributed by atoms with Crippen LogP contribution in [0.15, 0.2) is 52.5 Å². The molecule has 0 fully saturated rings. The smallest absolute Gasteiger partial charge is 0.275 e. The average Bonchev–Trinajstić information content (AvgIpc) is 3.02. The van der Waals surface area contributed by atoms with Crippen molar-refractivity contribution in [2.45, 2.75) is 6.92 Å². The van der Waals surface area contributed by atoms with Crippen LogP contribution in [0.2, 0.25) is 0 Å². The Morgan fingerprint density at radius 2 is 2.05 bits per heavy atom. The molecule has 1 aliphatic rings. The Balaban J connectivity index is 1.98. The van der Waals surface area contributed by atoms with Crippen LogP contribution in [0, 0.1) is 6.92 Å². The molecule has 0 radical (unpaired) electrons. The first-order chi connectivity index (χ1) is 9.24. The van der Waals surface area contributed by atoms with Crippen LogP contribution in [0.3, 0.4) is 0 Å². The maximum Gasteiger partial charge on any atom is 0.275 e. The number of rotatable bonds is 2. The van der Waals surface area contributed by atoms with E-state index in [-0.39, 0.29) is 5.91 Å². The Morgan fingerprint density at radius 1 is 1.21 bits per heavy atom. The zero-order valence-corrected chi connectivity index (χ0v) is 11.2. The SMILES string of the molecule is Cc1ccccc1/C=C1\N=C(c2cccs2)NC1=O. The van der Waals surface area contributed by atoms with Crippen LogP contribution in [0.25, 0.3) is 6.08 Å². The fourth-order valence-corrected chi connectivity index (χ4v) is 2.56. The highest BCUT2D eigenvalue weighted by Gasteiger charge is 2.21.